The first kappa shape index (κ1) is 24.8. The number of benzene rings is 2. The third-order valence-corrected chi connectivity index (χ3v) is 4.89. The van der Waals surface area contributed by atoms with Gasteiger partial charge in [0.2, 0.25) is 0 Å². The van der Waals surface area contributed by atoms with Crippen LogP contribution in [0.25, 0.3) is 0 Å². The SMILES string of the molecule is COc1ccc(COC2=CC(=O)N(C(=O)OC(C)(C)C)[C@H]2Cc2ccccc2)cc1OC(C)=O. The second-order valence-corrected chi connectivity index (χ2v) is 8.81. The highest BCUT2D eigenvalue weighted by Crippen LogP contribution is 2.31. The van der Waals surface area contributed by atoms with Crippen LogP contribution in [-0.2, 0) is 32.1 Å². The lowest BCUT2D eigenvalue weighted by atomic mass is 10.0. The van der Waals surface area contributed by atoms with E-state index >= 15 is 0 Å². The molecule has 0 saturated heterocycles. The van der Waals surface area contributed by atoms with Crippen LogP contribution in [0.2, 0.25) is 0 Å². The molecule has 1 aliphatic rings. The monoisotopic (exact) mass is 467 g/mol. The third kappa shape index (κ3) is 6.37. The summed E-state index contributed by atoms with van der Waals surface area (Å²) in [6.45, 7) is 6.62. The average Bonchev–Trinajstić information content (AvgIpc) is 3.06. The van der Waals surface area contributed by atoms with Gasteiger partial charge in [0.25, 0.3) is 5.91 Å². The van der Waals surface area contributed by atoms with Crippen LogP contribution in [0.3, 0.4) is 0 Å². The Kier molecular flexibility index (Phi) is 7.61. The predicted molar refractivity (Wildman–Crippen MR) is 124 cm³/mol. The van der Waals surface area contributed by atoms with E-state index in [-0.39, 0.29) is 12.4 Å². The number of carbonyl (C=O) groups excluding carboxylic acids is 3. The summed E-state index contributed by atoms with van der Waals surface area (Å²) in [5.74, 6) is 0.0533. The molecule has 3 rings (SSSR count). The van der Waals surface area contributed by atoms with Crippen molar-refractivity contribution >= 4 is 18.0 Å². The van der Waals surface area contributed by atoms with Crippen molar-refractivity contribution in [1.82, 2.24) is 4.90 Å². The van der Waals surface area contributed by atoms with E-state index in [9.17, 15) is 14.4 Å². The van der Waals surface area contributed by atoms with E-state index in [0.717, 1.165) is 10.5 Å². The zero-order chi connectivity index (χ0) is 24.9. The molecule has 1 aliphatic heterocycles. The maximum Gasteiger partial charge on any atom is 0.418 e. The Hall–Kier alpha value is -3.81. The molecule has 180 valence electrons. The van der Waals surface area contributed by atoms with Gasteiger partial charge in [-0.2, -0.15) is 0 Å². The quantitative estimate of drug-likeness (QED) is 0.440. The Morgan fingerprint density at radius 1 is 1.00 bits per heavy atom. The van der Waals surface area contributed by atoms with Crippen LogP contribution in [0.15, 0.2) is 60.4 Å². The molecule has 0 fully saturated rings. The van der Waals surface area contributed by atoms with Crippen molar-refractivity contribution in [2.75, 3.05) is 7.11 Å². The maximum absolute atomic E-state index is 12.8. The van der Waals surface area contributed by atoms with Crippen LogP contribution in [0, 0.1) is 0 Å². The fourth-order valence-corrected chi connectivity index (χ4v) is 3.48. The Morgan fingerprint density at radius 3 is 2.32 bits per heavy atom. The van der Waals surface area contributed by atoms with Crippen molar-refractivity contribution < 1.29 is 33.3 Å². The number of carbonyl (C=O) groups is 3. The molecule has 1 heterocycles. The summed E-state index contributed by atoms with van der Waals surface area (Å²) >= 11 is 0. The van der Waals surface area contributed by atoms with E-state index in [1.165, 1.54) is 20.1 Å². The van der Waals surface area contributed by atoms with Crippen molar-refractivity contribution in [1.29, 1.82) is 0 Å². The first-order chi connectivity index (χ1) is 16.1. The molecule has 0 aromatic heterocycles. The Balaban J connectivity index is 1.82. The van der Waals surface area contributed by atoms with Crippen LogP contribution >= 0.6 is 0 Å². The molecule has 0 unspecified atom stereocenters. The molecular formula is C26H29NO7. The first-order valence-electron chi connectivity index (χ1n) is 10.9. The highest BCUT2D eigenvalue weighted by molar-refractivity contribution is 6.02. The molecule has 1 atom stereocenters. The Labute approximate surface area is 199 Å². The second-order valence-electron chi connectivity index (χ2n) is 8.81. The van der Waals surface area contributed by atoms with Gasteiger partial charge < -0.3 is 18.9 Å². The van der Waals surface area contributed by atoms with Crippen molar-refractivity contribution in [3.05, 3.63) is 71.5 Å². The average molecular weight is 468 g/mol. The molecule has 0 N–H and O–H groups in total. The van der Waals surface area contributed by atoms with Crippen molar-refractivity contribution in [3.63, 3.8) is 0 Å². The van der Waals surface area contributed by atoms with Crippen molar-refractivity contribution in [3.8, 4) is 11.5 Å². The summed E-state index contributed by atoms with van der Waals surface area (Å²) < 4.78 is 21.9. The lowest BCUT2D eigenvalue weighted by Crippen LogP contribution is -2.44. The highest BCUT2D eigenvalue weighted by Gasteiger charge is 2.41. The minimum absolute atomic E-state index is 0.0881. The fourth-order valence-electron chi connectivity index (χ4n) is 3.48. The molecular weight excluding hydrogens is 438 g/mol. The van der Waals surface area contributed by atoms with Gasteiger partial charge >= 0.3 is 12.1 Å². The minimum Gasteiger partial charge on any atom is -0.493 e. The summed E-state index contributed by atoms with van der Waals surface area (Å²) in [5, 5.41) is 0. The summed E-state index contributed by atoms with van der Waals surface area (Å²) in [6, 6.07) is 13.9. The van der Waals surface area contributed by atoms with Gasteiger partial charge in [0.1, 0.15) is 24.0 Å². The number of methoxy groups -OCH3 is 1. The predicted octanol–water partition coefficient (Wildman–Crippen LogP) is 4.41. The number of hydrogen-bond acceptors (Lipinski definition) is 7. The lowest BCUT2D eigenvalue weighted by molar-refractivity contribution is -0.132. The standard InChI is InChI=1S/C26H29NO7/c1-17(28)33-23-14-19(11-12-21(23)31-5)16-32-22-15-24(29)27(25(30)34-26(2,3)4)20(22)13-18-9-7-6-8-10-18/h6-12,14-15,20H,13,16H2,1-5H3/t20-/m0/s1. The van der Waals surface area contributed by atoms with Crippen molar-refractivity contribution in [2.24, 2.45) is 0 Å². The largest absolute Gasteiger partial charge is 0.493 e. The van der Waals surface area contributed by atoms with E-state index in [0.29, 0.717) is 23.5 Å². The summed E-state index contributed by atoms with van der Waals surface area (Å²) in [6.07, 6.45) is 0.961. The van der Waals surface area contributed by atoms with E-state index < -0.39 is 29.6 Å². The molecule has 0 bridgehead atoms. The van der Waals surface area contributed by atoms with Crippen LogP contribution < -0.4 is 9.47 Å². The van der Waals surface area contributed by atoms with Gasteiger partial charge in [-0.05, 0) is 44.0 Å². The van der Waals surface area contributed by atoms with Gasteiger partial charge in [0.05, 0.1) is 7.11 Å². The third-order valence-electron chi connectivity index (χ3n) is 4.89. The van der Waals surface area contributed by atoms with Crippen LogP contribution in [0.5, 0.6) is 11.5 Å². The number of hydrogen-bond donors (Lipinski definition) is 0. The van der Waals surface area contributed by atoms with Gasteiger partial charge in [0, 0.05) is 19.4 Å². The Bertz CT molecular complexity index is 1090. The van der Waals surface area contributed by atoms with Gasteiger partial charge in [-0.15, -0.1) is 0 Å². The topological polar surface area (TPSA) is 91.4 Å². The zero-order valence-corrected chi connectivity index (χ0v) is 20.0. The molecule has 2 aromatic rings. The molecule has 0 spiro atoms. The van der Waals surface area contributed by atoms with E-state index in [1.807, 2.05) is 30.3 Å². The first-order valence-corrected chi connectivity index (χ1v) is 10.9. The zero-order valence-electron chi connectivity index (χ0n) is 20.0. The fraction of sp³-hybridized carbons (Fsp3) is 0.346. The number of nitrogens with zero attached hydrogens (tertiary/aromatic N) is 1. The molecule has 2 aromatic carbocycles. The normalized spacial score (nSPS) is 15.6. The summed E-state index contributed by atoms with van der Waals surface area (Å²) in [7, 11) is 1.48. The van der Waals surface area contributed by atoms with E-state index in [2.05, 4.69) is 0 Å². The van der Waals surface area contributed by atoms with E-state index in [4.69, 9.17) is 18.9 Å². The molecule has 34 heavy (non-hydrogen) atoms. The van der Waals surface area contributed by atoms with Gasteiger partial charge in [-0.1, -0.05) is 36.4 Å². The molecule has 8 nitrogen and oxygen atoms in total. The molecule has 2 amide bonds. The number of rotatable bonds is 7. The molecule has 8 heteroatoms. The number of ether oxygens (including phenoxy) is 4. The van der Waals surface area contributed by atoms with Crippen LogP contribution in [-0.4, -0.2) is 41.6 Å². The molecule has 0 saturated carbocycles. The van der Waals surface area contributed by atoms with Crippen LogP contribution in [0.4, 0.5) is 4.79 Å². The van der Waals surface area contributed by atoms with Crippen LogP contribution in [0.1, 0.15) is 38.8 Å². The van der Waals surface area contributed by atoms with Gasteiger partial charge in [-0.3, -0.25) is 9.59 Å². The summed E-state index contributed by atoms with van der Waals surface area (Å²) in [5.41, 5.74) is 0.875. The Morgan fingerprint density at radius 2 is 1.71 bits per heavy atom. The van der Waals surface area contributed by atoms with Crippen molar-refractivity contribution in [2.45, 2.75) is 52.4 Å². The van der Waals surface area contributed by atoms with E-state index in [1.54, 1.807) is 39.0 Å². The highest BCUT2D eigenvalue weighted by atomic mass is 16.6. The van der Waals surface area contributed by atoms with Gasteiger partial charge in [-0.25, -0.2) is 9.69 Å². The smallest absolute Gasteiger partial charge is 0.418 e. The molecule has 0 aliphatic carbocycles. The maximum atomic E-state index is 12.8. The minimum atomic E-state index is -0.755. The lowest BCUT2D eigenvalue weighted by Gasteiger charge is -2.28. The molecule has 0 radical (unpaired) electrons. The van der Waals surface area contributed by atoms with Gasteiger partial charge in [0.15, 0.2) is 11.5 Å². The second kappa shape index (κ2) is 10.4. The number of imide groups is 1. The number of amides is 2. The summed E-state index contributed by atoms with van der Waals surface area (Å²) in [4.78, 5) is 38.1. The number of esters is 1.